The van der Waals surface area contributed by atoms with Crippen LogP contribution in [0.5, 0.6) is 0 Å². The van der Waals surface area contributed by atoms with E-state index in [1.807, 2.05) is 40.1 Å². The van der Waals surface area contributed by atoms with E-state index in [1.54, 1.807) is 6.20 Å². The molecule has 3 rings (SSSR count). The minimum atomic E-state index is -0.859. The number of imidazole rings is 1. The zero-order valence-corrected chi connectivity index (χ0v) is 10.2. The normalized spacial score (nSPS) is 10.9. The minimum absolute atomic E-state index is 0.0391. The van der Waals surface area contributed by atoms with Crippen molar-refractivity contribution in [3.05, 3.63) is 47.6 Å². The summed E-state index contributed by atoms with van der Waals surface area (Å²) in [5.41, 5.74) is 2.73. The molecule has 0 saturated carbocycles. The smallest absolute Gasteiger partial charge is 0.309 e. The molecule has 0 amide bonds. The molecular weight excluding hydrogens is 248 g/mol. The van der Waals surface area contributed by atoms with Crippen molar-refractivity contribution >= 4 is 22.3 Å². The second-order valence-corrected chi connectivity index (χ2v) is 4.78. The van der Waals surface area contributed by atoms with E-state index >= 15 is 0 Å². The first kappa shape index (κ1) is 11.0. The van der Waals surface area contributed by atoms with Gasteiger partial charge in [0.1, 0.15) is 0 Å². The van der Waals surface area contributed by atoms with Gasteiger partial charge in [-0.05, 0) is 5.56 Å². The van der Waals surface area contributed by atoms with Crippen molar-refractivity contribution in [2.75, 3.05) is 0 Å². The summed E-state index contributed by atoms with van der Waals surface area (Å²) in [6.45, 7) is 0. The Morgan fingerprint density at radius 2 is 2.11 bits per heavy atom. The summed E-state index contributed by atoms with van der Waals surface area (Å²) in [5.74, 6) is -0.859. The highest BCUT2D eigenvalue weighted by Gasteiger charge is 2.11. The largest absolute Gasteiger partial charge is 0.481 e. The van der Waals surface area contributed by atoms with Crippen molar-refractivity contribution in [3.8, 4) is 11.3 Å². The molecule has 18 heavy (non-hydrogen) atoms. The van der Waals surface area contributed by atoms with E-state index in [0.29, 0.717) is 5.69 Å². The van der Waals surface area contributed by atoms with Crippen molar-refractivity contribution in [3.63, 3.8) is 0 Å². The summed E-state index contributed by atoms with van der Waals surface area (Å²) in [6.07, 6.45) is 1.75. The van der Waals surface area contributed by atoms with E-state index in [0.717, 1.165) is 16.2 Å². The average molecular weight is 258 g/mol. The monoisotopic (exact) mass is 258 g/mol. The Kier molecular flexibility index (Phi) is 2.60. The van der Waals surface area contributed by atoms with E-state index in [9.17, 15) is 4.79 Å². The third-order valence-corrected chi connectivity index (χ3v) is 3.50. The fourth-order valence-corrected chi connectivity index (χ4v) is 2.79. The molecule has 4 nitrogen and oxygen atoms in total. The maximum Gasteiger partial charge on any atom is 0.309 e. The minimum Gasteiger partial charge on any atom is -0.481 e. The third-order valence-electron chi connectivity index (χ3n) is 2.66. The molecule has 0 atom stereocenters. The molecule has 3 aromatic rings. The van der Waals surface area contributed by atoms with E-state index in [-0.39, 0.29) is 6.42 Å². The number of nitrogens with zero attached hydrogens (tertiary/aromatic N) is 2. The summed E-state index contributed by atoms with van der Waals surface area (Å²) < 4.78 is 1.94. The maximum absolute atomic E-state index is 10.7. The number of carbonyl (C=O) groups is 1. The molecule has 0 spiro atoms. The number of carboxylic acid groups (broad SMARTS) is 1. The highest BCUT2D eigenvalue weighted by atomic mass is 32.1. The van der Waals surface area contributed by atoms with Crippen LogP contribution in [0.3, 0.4) is 0 Å². The Hall–Kier alpha value is -2.14. The van der Waals surface area contributed by atoms with Gasteiger partial charge in [0.25, 0.3) is 0 Å². The summed E-state index contributed by atoms with van der Waals surface area (Å²) in [4.78, 5) is 15.8. The molecule has 0 fully saturated rings. The Labute approximate surface area is 107 Å². The van der Waals surface area contributed by atoms with Crippen LogP contribution < -0.4 is 0 Å². The lowest BCUT2D eigenvalue weighted by Gasteiger charge is -1.98. The molecule has 1 aromatic carbocycles. The topological polar surface area (TPSA) is 54.6 Å². The molecule has 0 unspecified atom stereocenters. The number of fused-ring (bicyclic) bond motifs is 1. The number of thiazole rings is 1. The van der Waals surface area contributed by atoms with Crippen LogP contribution in [0.15, 0.2) is 41.9 Å². The van der Waals surface area contributed by atoms with Gasteiger partial charge in [-0.15, -0.1) is 11.3 Å². The molecular formula is C13H10N2O2S. The number of benzene rings is 1. The van der Waals surface area contributed by atoms with Crippen LogP contribution in [0.1, 0.15) is 5.69 Å². The number of aliphatic carboxylic acids is 1. The molecule has 0 radical (unpaired) electrons. The van der Waals surface area contributed by atoms with Gasteiger partial charge in [-0.2, -0.15) is 0 Å². The van der Waals surface area contributed by atoms with Gasteiger partial charge in [0, 0.05) is 11.6 Å². The summed E-state index contributed by atoms with van der Waals surface area (Å²) in [7, 11) is 0. The molecule has 0 aliphatic heterocycles. The Morgan fingerprint density at radius 1 is 1.33 bits per heavy atom. The predicted octanol–water partition coefficient (Wildman–Crippen LogP) is 2.69. The molecule has 0 saturated heterocycles. The molecule has 0 aliphatic carbocycles. The predicted molar refractivity (Wildman–Crippen MR) is 69.8 cm³/mol. The van der Waals surface area contributed by atoms with Gasteiger partial charge in [-0.3, -0.25) is 9.20 Å². The number of hydrogen-bond acceptors (Lipinski definition) is 3. The van der Waals surface area contributed by atoms with Crippen LogP contribution >= 0.6 is 11.3 Å². The number of aromatic nitrogens is 2. The molecule has 0 aliphatic rings. The summed E-state index contributed by atoms with van der Waals surface area (Å²) in [5, 5.41) is 10.8. The van der Waals surface area contributed by atoms with Gasteiger partial charge < -0.3 is 5.11 Å². The number of hydrogen-bond donors (Lipinski definition) is 1. The van der Waals surface area contributed by atoms with Gasteiger partial charge in [0.15, 0.2) is 4.96 Å². The van der Waals surface area contributed by atoms with Crippen LogP contribution in [0, 0.1) is 0 Å². The molecule has 0 bridgehead atoms. The lowest BCUT2D eigenvalue weighted by molar-refractivity contribution is -0.136. The average Bonchev–Trinajstić information content (AvgIpc) is 2.88. The summed E-state index contributed by atoms with van der Waals surface area (Å²) in [6, 6.07) is 9.98. The van der Waals surface area contributed by atoms with Gasteiger partial charge in [-0.1, -0.05) is 30.3 Å². The SMILES string of the molecule is O=C(O)Cc1cn2c(-c3ccccc3)csc2n1. The van der Waals surface area contributed by atoms with Crippen molar-refractivity contribution in [1.29, 1.82) is 0 Å². The quantitative estimate of drug-likeness (QED) is 0.785. The highest BCUT2D eigenvalue weighted by Crippen LogP contribution is 2.26. The lowest BCUT2D eigenvalue weighted by atomic mass is 10.2. The van der Waals surface area contributed by atoms with Crippen molar-refractivity contribution in [2.45, 2.75) is 6.42 Å². The Bertz CT molecular complexity index is 700. The van der Waals surface area contributed by atoms with E-state index in [2.05, 4.69) is 4.98 Å². The molecule has 1 N–H and O–H groups in total. The molecule has 2 aromatic heterocycles. The van der Waals surface area contributed by atoms with E-state index < -0.39 is 5.97 Å². The molecule has 90 valence electrons. The molecule has 2 heterocycles. The first-order valence-electron chi connectivity index (χ1n) is 5.47. The van der Waals surface area contributed by atoms with Gasteiger partial charge in [0.2, 0.25) is 0 Å². The van der Waals surface area contributed by atoms with Crippen LogP contribution in [0.4, 0.5) is 0 Å². The molecule has 5 heteroatoms. The first-order valence-corrected chi connectivity index (χ1v) is 6.34. The van der Waals surface area contributed by atoms with Crippen molar-refractivity contribution in [1.82, 2.24) is 9.38 Å². The number of carboxylic acids is 1. The summed E-state index contributed by atoms with van der Waals surface area (Å²) >= 11 is 1.52. The fraction of sp³-hybridized carbons (Fsp3) is 0.0769. The van der Waals surface area contributed by atoms with Gasteiger partial charge in [-0.25, -0.2) is 4.98 Å². The Balaban J connectivity index is 2.08. The van der Waals surface area contributed by atoms with E-state index in [4.69, 9.17) is 5.11 Å². The lowest BCUT2D eigenvalue weighted by Crippen LogP contribution is -1.99. The van der Waals surface area contributed by atoms with Crippen LogP contribution in [-0.2, 0) is 11.2 Å². The first-order chi connectivity index (χ1) is 8.74. The van der Waals surface area contributed by atoms with Crippen molar-refractivity contribution < 1.29 is 9.90 Å². The van der Waals surface area contributed by atoms with Gasteiger partial charge >= 0.3 is 5.97 Å². The van der Waals surface area contributed by atoms with Crippen LogP contribution in [0.2, 0.25) is 0 Å². The highest BCUT2D eigenvalue weighted by molar-refractivity contribution is 7.15. The van der Waals surface area contributed by atoms with Crippen LogP contribution in [-0.4, -0.2) is 20.5 Å². The zero-order chi connectivity index (χ0) is 12.5. The van der Waals surface area contributed by atoms with Crippen molar-refractivity contribution in [2.24, 2.45) is 0 Å². The Morgan fingerprint density at radius 3 is 2.83 bits per heavy atom. The maximum atomic E-state index is 10.7. The second kappa shape index (κ2) is 4.27. The van der Waals surface area contributed by atoms with E-state index in [1.165, 1.54) is 11.3 Å². The van der Waals surface area contributed by atoms with Crippen LogP contribution in [0.25, 0.3) is 16.2 Å². The second-order valence-electron chi connectivity index (χ2n) is 3.94. The number of rotatable bonds is 3. The zero-order valence-electron chi connectivity index (χ0n) is 9.41. The standard InChI is InChI=1S/C13H10N2O2S/c16-12(17)6-10-7-15-11(8-18-13(15)14-10)9-4-2-1-3-5-9/h1-5,7-8H,6H2,(H,16,17). The third kappa shape index (κ3) is 1.89. The fourth-order valence-electron chi connectivity index (χ4n) is 1.89. The van der Waals surface area contributed by atoms with Gasteiger partial charge in [0.05, 0.1) is 17.8 Å².